The summed E-state index contributed by atoms with van der Waals surface area (Å²) in [5, 5.41) is 10.7. The van der Waals surface area contributed by atoms with Crippen molar-refractivity contribution in [1.82, 2.24) is 15.2 Å². The highest BCUT2D eigenvalue weighted by molar-refractivity contribution is 6.05. The van der Waals surface area contributed by atoms with Gasteiger partial charge in [0.15, 0.2) is 5.82 Å². The summed E-state index contributed by atoms with van der Waals surface area (Å²) in [5.74, 6) is 0.397. The number of carbonyl (C=O) groups is 1. The van der Waals surface area contributed by atoms with Gasteiger partial charge in [-0.1, -0.05) is 6.92 Å². The molecule has 0 saturated heterocycles. The first-order valence-electron chi connectivity index (χ1n) is 6.19. The second kappa shape index (κ2) is 4.61. The number of nitrogens with one attached hydrogen (secondary N) is 3. The molecule has 1 amide bonds. The zero-order valence-corrected chi connectivity index (χ0v) is 10.5. The Morgan fingerprint density at radius 2 is 2.21 bits per heavy atom. The van der Waals surface area contributed by atoms with Crippen molar-refractivity contribution >= 4 is 22.6 Å². The molecule has 19 heavy (non-hydrogen) atoms. The number of aromatic nitrogens is 3. The van der Waals surface area contributed by atoms with Gasteiger partial charge in [0.25, 0.3) is 5.91 Å². The Morgan fingerprint density at radius 1 is 1.32 bits per heavy atom. The molecule has 3 rings (SSSR count). The van der Waals surface area contributed by atoms with Crippen LogP contribution in [0.25, 0.3) is 10.9 Å². The number of benzene rings is 1. The van der Waals surface area contributed by atoms with E-state index >= 15 is 0 Å². The molecule has 0 aliphatic carbocycles. The third kappa shape index (κ3) is 2.22. The van der Waals surface area contributed by atoms with E-state index in [1.54, 1.807) is 6.07 Å². The van der Waals surface area contributed by atoms with Crippen molar-refractivity contribution in [2.75, 3.05) is 5.32 Å². The highest BCUT2D eigenvalue weighted by Crippen LogP contribution is 2.15. The Hall–Kier alpha value is -2.56. The van der Waals surface area contributed by atoms with E-state index < -0.39 is 0 Å². The normalized spacial score (nSPS) is 10.8. The zero-order valence-electron chi connectivity index (χ0n) is 10.5. The molecule has 2 aromatic heterocycles. The SMILES string of the molecule is CCc1cc(NC(=O)c2ccc3[nH]ccc3c2)n[nH]1. The predicted molar refractivity (Wildman–Crippen MR) is 74.2 cm³/mol. The van der Waals surface area contributed by atoms with Crippen molar-refractivity contribution in [3.05, 3.63) is 47.8 Å². The lowest BCUT2D eigenvalue weighted by atomic mass is 10.1. The molecular weight excluding hydrogens is 240 g/mol. The van der Waals surface area contributed by atoms with Crippen LogP contribution >= 0.6 is 0 Å². The van der Waals surface area contributed by atoms with Crippen LogP contribution in [-0.4, -0.2) is 21.1 Å². The lowest BCUT2D eigenvalue weighted by Gasteiger charge is -2.01. The summed E-state index contributed by atoms with van der Waals surface area (Å²) in [6.07, 6.45) is 2.71. The van der Waals surface area contributed by atoms with Gasteiger partial charge in [0.2, 0.25) is 0 Å². The number of aryl methyl sites for hydroxylation is 1. The van der Waals surface area contributed by atoms with Crippen LogP contribution in [0.2, 0.25) is 0 Å². The summed E-state index contributed by atoms with van der Waals surface area (Å²) in [6, 6.07) is 9.32. The van der Waals surface area contributed by atoms with Crippen LogP contribution in [0.5, 0.6) is 0 Å². The maximum absolute atomic E-state index is 12.1. The highest BCUT2D eigenvalue weighted by atomic mass is 16.1. The number of rotatable bonds is 3. The molecule has 0 radical (unpaired) electrons. The van der Waals surface area contributed by atoms with Crippen molar-refractivity contribution in [2.24, 2.45) is 0 Å². The molecule has 0 atom stereocenters. The van der Waals surface area contributed by atoms with Gasteiger partial charge in [0, 0.05) is 34.4 Å². The van der Waals surface area contributed by atoms with Gasteiger partial charge in [0.05, 0.1) is 0 Å². The maximum atomic E-state index is 12.1. The Labute approximate surface area is 110 Å². The van der Waals surface area contributed by atoms with Crippen LogP contribution in [-0.2, 0) is 6.42 Å². The number of aromatic amines is 2. The fraction of sp³-hybridized carbons (Fsp3) is 0.143. The summed E-state index contributed by atoms with van der Waals surface area (Å²) in [6.45, 7) is 2.03. The summed E-state index contributed by atoms with van der Waals surface area (Å²) in [7, 11) is 0. The van der Waals surface area contributed by atoms with Gasteiger partial charge >= 0.3 is 0 Å². The lowest BCUT2D eigenvalue weighted by Crippen LogP contribution is -2.11. The van der Waals surface area contributed by atoms with Crippen molar-refractivity contribution in [1.29, 1.82) is 0 Å². The minimum Gasteiger partial charge on any atom is -0.361 e. The maximum Gasteiger partial charge on any atom is 0.256 e. The Morgan fingerprint density at radius 3 is 3.00 bits per heavy atom. The van der Waals surface area contributed by atoms with Crippen molar-refractivity contribution in [3.8, 4) is 0 Å². The number of hydrogen-bond donors (Lipinski definition) is 3. The first-order chi connectivity index (χ1) is 9.26. The number of carbonyl (C=O) groups excluding carboxylic acids is 1. The average molecular weight is 254 g/mol. The molecule has 0 unspecified atom stereocenters. The molecule has 0 fully saturated rings. The molecule has 0 bridgehead atoms. The molecular formula is C14H14N4O. The van der Waals surface area contributed by atoms with Crippen LogP contribution in [0.3, 0.4) is 0 Å². The molecule has 96 valence electrons. The van der Waals surface area contributed by atoms with E-state index in [0.29, 0.717) is 11.4 Å². The third-order valence-corrected chi connectivity index (χ3v) is 3.07. The van der Waals surface area contributed by atoms with Crippen LogP contribution in [0.4, 0.5) is 5.82 Å². The van der Waals surface area contributed by atoms with Crippen LogP contribution in [0.1, 0.15) is 23.0 Å². The number of nitrogens with zero attached hydrogens (tertiary/aromatic N) is 1. The number of amides is 1. The standard InChI is InChI=1S/C14H14N4O/c1-2-11-8-13(18-17-11)16-14(19)10-3-4-12-9(7-10)5-6-15-12/h3-8,15H,2H2,1H3,(H2,16,17,18,19). The number of anilines is 1. The smallest absolute Gasteiger partial charge is 0.256 e. The van der Waals surface area contributed by atoms with E-state index in [0.717, 1.165) is 23.0 Å². The molecule has 3 N–H and O–H groups in total. The van der Waals surface area contributed by atoms with Gasteiger partial charge in [-0.05, 0) is 30.7 Å². The van der Waals surface area contributed by atoms with Gasteiger partial charge in [0.1, 0.15) is 0 Å². The summed E-state index contributed by atoms with van der Waals surface area (Å²) in [4.78, 5) is 15.2. The average Bonchev–Trinajstić information content (AvgIpc) is 3.05. The van der Waals surface area contributed by atoms with E-state index in [1.165, 1.54) is 0 Å². The molecule has 0 aliphatic rings. The van der Waals surface area contributed by atoms with E-state index in [1.807, 2.05) is 37.4 Å². The Balaban J connectivity index is 1.82. The molecule has 0 saturated carbocycles. The van der Waals surface area contributed by atoms with Gasteiger partial charge in [-0.15, -0.1) is 0 Å². The van der Waals surface area contributed by atoms with Gasteiger partial charge in [-0.25, -0.2) is 0 Å². The molecule has 0 spiro atoms. The minimum atomic E-state index is -0.155. The first kappa shape index (κ1) is 11.5. The van der Waals surface area contributed by atoms with Crippen LogP contribution in [0.15, 0.2) is 36.5 Å². The number of fused-ring (bicyclic) bond motifs is 1. The van der Waals surface area contributed by atoms with Gasteiger partial charge in [-0.3, -0.25) is 9.89 Å². The van der Waals surface area contributed by atoms with Crippen molar-refractivity contribution in [2.45, 2.75) is 13.3 Å². The molecule has 5 heteroatoms. The third-order valence-electron chi connectivity index (χ3n) is 3.07. The Bertz CT molecular complexity index is 726. The summed E-state index contributed by atoms with van der Waals surface area (Å²) < 4.78 is 0. The topological polar surface area (TPSA) is 73.6 Å². The van der Waals surface area contributed by atoms with Gasteiger partial charge in [-0.2, -0.15) is 5.10 Å². The van der Waals surface area contributed by atoms with Crippen molar-refractivity contribution < 1.29 is 4.79 Å². The van der Waals surface area contributed by atoms with Crippen molar-refractivity contribution in [3.63, 3.8) is 0 Å². The molecule has 3 aromatic rings. The number of H-pyrrole nitrogens is 2. The second-order valence-electron chi connectivity index (χ2n) is 4.37. The van der Waals surface area contributed by atoms with Crippen LogP contribution in [0, 0.1) is 0 Å². The summed E-state index contributed by atoms with van der Waals surface area (Å²) >= 11 is 0. The zero-order chi connectivity index (χ0) is 13.2. The minimum absolute atomic E-state index is 0.155. The van der Waals surface area contributed by atoms with E-state index in [4.69, 9.17) is 0 Å². The fourth-order valence-corrected chi connectivity index (χ4v) is 1.99. The first-order valence-corrected chi connectivity index (χ1v) is 6.19. The largest absolute Gasteiger partial charge is 0.361 e. The quantitative estimate of drug-likeness (QED) is 0.672. The molecule has 2 heterocycles. The van der Waals surface area contributed by atoms with E-state index in [2.05, 4.69) is 20.5 Å². The lowest BCUT2D eigenvalue weighted by molar-refractivity contribution is 0.102. The van der Waals surface area contributed by atoms with Crippen LogP contribution < -0.4 is 5.32 Å². The molecule has 0 aliphatic heterocycles. The monoisotopic (exact) mass is 254 g/mol. The highest BCUT2D eigenvalue weighted by Gasteiger charge is 2.09. The Kier molecular flexibility index (Phi) is 2.79. The molecule has 5 nitrogen and oxygen atoms in total. The van der Waals surface area contributed by atoms with Gasteiger partial charge < -0.3 is 10.3 Å². The van der Waals surface area contributed by atoms with E-state index in [-0.39, 0.29) is 5.91 Å². The fourth-order valence-electron chi connectivity index (χ4n) is 1.99. The van der Waals surface area contributed by atoms with E-state index in [9.17, 15) is 4.79 Å². The summed E-state index contributed by atoms with van der Waals surface area (Å²) in [5.41, 5.74) is 2.63. The predicted octanol–water partition coefficient (Wildman–Crippen LogP) is 2.71. The molecule has 1 aromatic carbocycles. The second-order valence-corrected chi connectivity index (χ2v) is 4.37. The number of hydrogen-bond acceptors (Lipinski definition) is 2.